The maximum absolute atomic E-state index is 13.3. The van der Waals surface area contributed by atoms with Crippen molar-refractivity contribution in [3.63, 3.8) is 0 Å². The molecule has 21 heteroatoms. The largest absolute Gasteiger partial charge is 0.382 e. The van der Waals surface area contributed by atoms with E-state index in [-0.39, 0.29) is 61.1 Å². The Morgan fingerprint density at radius 3 is 1.59 bits per heavy atom. The lowest BCUT2D eigenvalue weighted by Crippen LogP contribution is -2.45. The molecule has 2 heterocycles. The number of nitrogens with zero attached hydrogens (tertiary/aromatic N) is 3. The summed E-state index contributed by atoms with van der Waals surface area (Å²) in [6.07, 6.45) is 48.2. The SMILES string of the molecule is CCCCCCCCCCCCCCCCC(N)(CCCCCCCCCCCCCCCC)CCNCCCCNCCCNC(=O)[C@H](CCCCNC(=O)CNC(=O)c1ccc(Cn2c(=O)[nH]c3c(N)nc(NCCCC)nc32)cc1)NCCCP(=O)(O)O. The first-order valence-corrected chi connectivity index (χ1v) is 38.4. The summed E-state index contributed by atoms with van der Waals surface area (Å²) in [4.78, 5) is 82.1. The second-order valence-corrected chi connectivity index (χ2v) is 27.8. The number of imidazole rings is 1. The molecule has 20 nitrogen and oxygen atoms in total. The standard InChI is InChI=1S/C70H130N13O7P/c1-4-7-10-12-14-16-18-20-22-24-26-28-30-33-45-70(72,46-34-31-29-27-25-23-21-19-17-15-13-11-8-5-2)47-55-74-49-37-36-48-73-50-38-53-77-67(86)61(75-54-39-56-91(88,89)90)40-32-35-52-76-62(84)57-79-66(85)60-43-41-59(42-44-60)58-83-65-63(80-69(83)87)64(71)81-68(82-65)78-51-9-6-3/h41-44,61,73-75H,4-40,45-58,72H2,1-3H3,(H,76,84)(H,77,86)(H,79,85)(H,80,87)(H2,88,89,90)(H3,71,78,81,82)/t61-/m0/s1. The molecule has 0 saturated carbocycles. The van der Waals surface area contributed by atoms with Gasteiger partial charge in [-0.1, -0.05) is 219 Å². The van der Waals surface area contributed by atoms with Gasteiger partial charge in [-0.25, -0.2) is 4.79 Å². The lowest BCUT2D eigenvalue weighted by molar-refractivity contribution is -0.123. The number of aromatic nitrogens is 4. The number of carbonyl (C=O) groups excluding carboxylic acids is 3. The van der Waals surface area contributed by atoms with E-state index in [9.17, 15) is 33.5 Å². The van der Waals surface area contributed by atoms with Gasteiger partial charge >= 0.3 is 13.3 Å². The average Bonchev–Trinajstić information content (AvgIpc) is 1.69. The minimum atomic E-state index is -4.16. The molecule has 0 aliphatic carbocycles. The van der Waals surface area contributed by atoms with Crippen LogP contribution in [0.2, 0.25) is 0 Å². The first-order valence-electron chi connectivity index (χ1n) is 36.6. The van der Waals surface area contributed by atoms with Gasteiger partial charge in [-0.3, -0.25) is 23.5 Å². The van der Waals surface area contributed by atoms with Crippen LogP contribution in [0.1, 0.15) is 294 Å². The Morgan fingerprint density at radius 2 is 1.05 bits per heavy atom. The number of anilines is 2. The first kappa shape index (κ1) is 80.8. The number of rotatable bonds is 62. The Labute approximate surface area is 549 Å². The van der Waals surface area contributed by atoms with E-state index in [1.165, 1.54) is 184 Å². The fourth-order valence-electron chi connectivity index (χ4n) is 11.9. The van der Waals surface area contributed by atoms with Crippen LogP contribution in [0.4, 0.5) is 11.8 Å². The molecule has 14 N–H and O–H groups in total. The van der Waals surface area contributed by atoms with Crippen molar-refractivity contribution in [3.8, 4) is 0 Å². The summed E-state index contributed by atoms with van der Waals surface area (Å²) in [6.45, 7) is 12.0. The number of aromatic amines is 1. The summed E-state index contributed by atoms with van der Waals surface area (Å²) >= 11 is 0. The van der Waals surface area contributed by atoms with E-state index in [0.29, 0.717) is 61.6 Å². The highest BCUT2D eigenvalue weighted by Gasteiger charge is 2.24. The number of H-pyrrole nitrogens is 1. The van der Waals surface area contributed by atoms with Gasteiger partial charge in [0.2, 0.25) is 17.8 Å². The molecule has 0 aliphatic rings. The van der Waals surface area contributed by atoms with Gasteiger partial charge in [-0.15, -0.1) is 0 Å². The van der Waals surface area contributed by atoms with Crippen molar-refractivity contribution in [2.75, 3.05) is 76.1 Å². The molecule has 3 rings (SSSR count). The topological polar surface area (TPSA) is 309 Å². The van der Waals surface area contributed by atoms with Gasteiger partial charge in [-0.2, -0.15) is 9.97 Å². The third-order valence-electron chi connectivity index (χ3n) is 17.6. The van der Waals surface area contributed by atoms with Crippen LogP contribution in [0.25, 0.3) is 11.2 Å². The van der Waals surface area contributed by atoms with Gasteiger partial charge in [0.1, 0.15) is 5.52 Å². The minimum Gasteiger partial charge on any atom is -0.382 e. The van der Waals surface area contributed by atoms with Crippen LogP contribution in [0.5, 0.6) is 0 Å². The number of carbonyl (C=O) groups is 3. The second-order valence-electron chi connectivity index (χ2n) is 26.1. The van der Waals surface area contributed by atoms with Gasteiger partial charge in [0.05, 0.1) is 25.3 Å². The molecular formula is C70H130N13O7P. The zero-order valence-electron chi connectivity index (χ0n) is 57.3. The Bertz CT molecular complexity index is 2400. The lowest BCUT2D eigenvalue weighted by Gasteiger charge is -2.30. The number of hydrogen-bond donors (Lipinski definition) is 12. The maximum atomic E-state index is 13.3. The summed E-state index contributed by atoms with van der Waals surface area (Å²) in [5.74, 6) is -0.448. The predicted molar refractivity (Wildman–Crippen MR) is 378 cm³/mol. The van der Waals surface area contributed by atoms with Crippen LogP contribution in [-0.2, 0) is 20.7 Å². The van der Waals surface area contributed by atoms with E-state index in [1.54, 1.807) is 24.3 Å². The fourth-order valence-corrected chi connectivity index (χ4v) is 12.4. The van der Waals surface area contributed by atoms with Gasteiger partial charge in [0.25, 0.3) is 5.91 Å². The van der Waals surface area contributed by atoms with Gasteiger partial charge in [0.15, 0.2) is 11.5 Å². The number of amides is 3. The highest BCUT2D eigenvalue weighted by Crippen LogP contribution is 2.34. The van der Waals surface area contributed by atoms with Crippen molar-refractivity contribution in [2.24, 2.45) is 5.73 Å². The van der Waals surface area contributed by atoms with Crippen molar-refractivity contribution >= 4 is 48.2 Å². The number of nitrogen functional groups attached to an aromatic ring is 1. The molecule has 0 fully saturated rings. The van der Waals surface area contributed by atoms with Crippen LogP contribution >= 0.6 is 7.60 Å². The Morgan fingerprint density at radius 1 is 0.560 bits per heavy atom. The fraction of sp³-hybridized carbons (Fsp3) is 0.800. The summed E-state index contributed by atoms with van der Waals surface area (Å²) < 4.78 is 12.9. The molecule has 1 atom stereocenters. The maximum Gasteiger partial charge on any atom is 0.328 e. The number of fused-ring (bicyclic) bond motifs is 1. The molecule has 0 saturated heterocycles. The third-order valence-corrected chi connectivity index (χ3v) is 18.5. The molecule has 0 bridgehead atoms. The van der Waals surface area contributed by atoms with E-state index in [2.05, 4.69) is 72.9 Å². The minimum absolute atomic E-state index is 0.0824. The molecular weight excluding hydrogens is 1170 g/mol. The van der Waals surface area contributed by atoms with E-state index < -0.39 is 19.5 Å². The first-order chi connectivity index (χ1) is 44.2. The van der Waals surface area contributed by atoms with Gasteiger partial charge < -0.3 is 63.5 Å². The van der Waals surface area contributed by atoms with Crippen molar-refractivity contribution < 1.29 is 28.7 Å². The predicted octanol–water partition coefficient (Wildman–Crippen LogP) is 12.8. The third kappa shape index (κ3) is 40.4. The summed E-state index contributed by atoms with van der Waals surface area (Å²) in [6, 6.07) is 6.16. The van der Waals surface area contributed by atoms with Crippen LogP contribution in [0, 0.1) is 0 Å². The molecule has 3 amide bonds. The molecule has 3 aromatic rings. The van der Waals surface area contributed by atoms with Crippen molar-refractivity contribution in [1.82, 2.24) is 51.4 Å². The molecule has 1 aromatic carbocycles. The summed E-state index contributed by atoms with van der Waals surface area (Å²) in [7, 11) is -4.16. The smallest absolute Gasteiger partial charge is 0.328 e. The number of hydrogen-bond acceptors (Lipinski definition) is 13. The number of nitrogens with one attached hydrogen (secondary N) is 8. The molecule has 0 unspecified atom stereocenters. The lowest BCUT2D eigenvalue weighted by atomic mass is 9.84. The van der Waals surface area contributed by atoms with Gasteiger partial charge in [-0.05, 0) is 121 Å². The van der Waals surface area contributed by atoms with Crippen LogP contribution in [0.15, 0.2) is 29.1 Å². The second kappa shape index (κ2) is 51.9. The molecule has 0 radical (unpaired) electrons. The summed E-state index contributed by atoms with van der Waals surface area (Å²) in [5.41, 5.74) is 14.7. The molecule has 2 aromatic heterocycles. The Kier molecular flexibility index (Phi) is 46.1. The van der Waals surface area contributed by atoms with E-state index in [1.807, 2.05) is 0 Å². The normalized spacial score (nSPS) is 12.2. The Balaban J connectivity index is 1.30. The number of unbranched alkanes of at least 4 members (excludes halogenated alkanes) is 29. The van der Waals surface area contributed by atoms with Crippen molar-refractivity contribution in [1.29, 1.82) is 0 Å². The van der Waals surface area contributed by atoms with Crippen LogP contribution in [0.3, 0.4) is 0 Å². The van der Waals surface area contributed by atoms with E-state index >= 15 is 0 Å². The molecule has 0 spiro atoms. The average molecular weight is 1300 g/mol. The van der Waals surface area contributed by atoms with Crippen molar-refractivity contribution in [3.05, 3.63) is 45.9 Å². The van der Waals surface area contributed by atoms with Gasteiger partial charge in [0, 0.05) is 30.7 Å². The zero-order valence-corrected chi connectivity index (χ0v) is 58.2. The van der Waals surface area contributed by atoms with Crippen LogP contribution in [-0.4, -0.2) is 124 Å². The Hall–Kier alpha value is -4.43. The number of benzene rings is 1. The monoisotopic (exact) mass is 1300 g/mol. The quantitative estimate of drug-likeness (QED) is 0.0185. The molecule has 91 heavy (non-hydrogen) atoms. The van der Waals surface area contributed by atoms with Crippen molar-refractivity contribution in [2.45, 2.75) is 296 Å². The summed E-state index contributed by atoms with van der Waals surface area (Å²) in [5, 5.41) is 22.1. The molecule has 522 valence electrons. The van der Waals surface area contributed by atoms with E-state index in [4.69, 9.17) is 11.5 Å². The zero-order chi connectivity index (χ0) is 65.9. The van der Waals surface area contributed by atoms with E-state index in [0.717, 1.165) is 83.1 Å². The highest BCUT2D eigenvalue weighted by molar-refractivity contribution is 7.51. The number of nitrogens with two attached hydrogens (primary N) is 2. The molecule has 0 aliphatic heterocycles. The van der Waals surface area contributed by atoms with Crippen LogP contribution < -0.4 is 54.4 Å². The highest BCUT2D eigenvalue weighted by atomic mass is 31.2.